The standard InChI is InChI=1S/C17H10N2O5.2C12H8N2O5.2C11H7N3O5.2C11H8N2O4/c20-15(11-4-2-1-3-5-11)14-10-24-17(18-14)16(21)12-6-8-13(9-7-12)19(22)23;1-7(15)10-6-19-12(13-10)11(16)8-2-4-9(5-3-8)14(17)18;1-7(15)10-6-13-12(19-10)11(16)8-2-4-9(5-3-8)14(17)18;12-10(16)8-5-19-11(13-8)9(15)6-1-3-7(4-2-6)14(17)18;12-10(16)8-5-13-11(19-8)9(15)6-1-3-7(4-2-6)14(17)18;1-7-6-17-11(12-7)10(14)8-2-4-9(5-3-8)13(15)16;1-7-6-12-11(17-7)10(14)8-2-4-9(5-3-8)13(15)16/h1-10H;2*2-6H,1H3;2*1-5H,(H2,12,16);2*2-6H,1H3. The van der Waals surface area contributed by atoms with Crippen LogP contribution in [0.3, 0.4) is 0 Å². The fourth-order valence-corrected chi connectivity index (χ4v) is 10.2. The van der Waals surface area contributed by atoms with E-state index < -0.39 is 86.8 Å². The van der Waals surface area contributed by atoms with Crippen LogP contribution in [0.1, 0.15) is 197 Å². The highest BCUT2D eigenvalue weighted by Crippen LogP contribution is 2.25. The van der Waals surface area contributed by atoms with Gasteiger partial charge in [-0.25, -0.2) is 34.9 Å². The molecule has 0 spiro atoms. The summed E-state index contributed by atoms with van der Waals surface area (Å²) in [6.45, 7) is 5.98. The van der Waals surface area contributed by atoms with Crippen LogP contribution in [0, 0.1) is 84.6 Å². The van der Waals surface area contributed by atoms with Crippen molar-refractivity contribution in [2.24, 2.45) is 11.5 Å². The number of nitrogens with zero attached hydrogens (tertiary/aromatic N) is 14. The molecule has 49 nitrogen and oxygen atoms in total. The fraction of sp³-hybridized carbons (Fsp3) is 0.0471. The predicted octanol–water partition coefficient (Wildman–Crippen LogP) is 13.1. The summed E-state index contributed by atoms with van der Waals surface area (Å²) in [6.07, 6.45) is 8.22. The lowest BCUT2D eigenvalue weighted by Gasteiger charge is -1.96. The SMILES string of the molecule is CC(=O)c1cnc(C(=O)c2ccc([N+](=O)[O-])cc2)o1.CC(=O)c1coc(C(=O)c2ccc([N+](=O)[O-])cc2)n1.Cc1cnc(C(=O)c2ccc([N+](=O)[O-])cc2)o1.Cc1coc(C(=O)c2ccc([N+](=O)[O-])cc2)n1.NC(=O)c1cnc(C(=O)c2ccc([N+](=O)[O-])cc2)o1.NC(=O)c1coc(C(=O)c2ccc([N+](=O)[O-])cc2)n1.O=C(c1ccccc1)c1coc(C(=O)c2ccc([N+](=O)[O-])cc2)n1. The average Bonchev–Trinajstić information content (AvgIpc) is 1.68. The van der Waals surface area contributed by atoms with Gasteiger partial charge < -0.3 is 42.4 Å². The second-order valence-corrected chi connectivity index (χ2v) is 26.2. The number of benzene rings is 8. The Bertz CT molecular complexity index is 6460. The first-order valence-corrected chi connectivity index (χ1v) is 37.0. The normalized spacial score (nSPS) is 10.2. The molecule has 4 N–H and O–H groups in total. The Labute approximate surface area is 743 Å². The Kier molecular flexibility index (Phi) is 32.4. The van der Waals surface area contributed by atoms with Gasteiger partial charge in [-0.3, -0.25) is 128 Å². The van der Waals surface area contributed by atoms with Gasteiger partial charge >= 0.3 is 0 Å². The Morgan fingerprint density at radius 1 is 0.261 bits per heavy atom. The van der Waals surface area contributed by atoms with E-state index in [1.54, 1.807) is 44.2 Å². The van der Waals surface area contributed by atoms with Gasteiger partial charge in [-0.2, -0.15) is 0 Å². The number of aromatic nitrogens is 7. The molecule has 7 aromatic heterocycles. The van der Waals surface area contributed by atoms with Crippen LogP contribution in [0.25, 0.3) is 0 Å². The van der Waals surface area contributed by atoms with E-state index >= 15 is 0 Å². The molecule has 0 saturated heterocycles. The molecular weight excluding hydrogens is 1770 g/mol. The number of primary amides is 2. The number of non-ortho nitro benzene ring substituents is 7. The number of nitro benzene ring substituents is 7. The van der Waals surface area contributed by atoms with Crippen LogP contribution in [0.15, 0.2) is 275 Å². The zero-order valence-corrected chi connectivity index (χ0v) is 68.5. The van der Waals surface area contributed by atoms with Crippen LogP contribution in [0.4, 0.5) is 39.8 Å². The minimum atomic E-state index is -0.838. The van der Waals surface area contributed by atoms with Crippen molar-refractivity contribution >= 4 is 109 Å². The second-order valence-electron chi connectivity index (χ2n) is 26.2. The zero-order chi connectivity index (χ0) is 97.9. The Balaban J connectivity index is 0.000000176. The molecule has 0 bridgehead atoms. The van der Waals surface area contributed by atoms with E-state index in [2.05, 4.69) is 34.9 Å². The molecule has 0 unspecified atom stereocenters. The number of ketones is 10. The minimum absolute atomic E-state index is 0.00902. The van der Waals surface area contributed by atoms with Crippen LogP contribution in [0.5, 0.6) is 0 Å². The highest BCUT2D eigenvalue weighted by atomic mass is 16.7. The van der Waals surface area contributed by atoms with Gasteiger partial charge in [-0.15, -0.1) is 0 Å². The molecule has 0 aliphatic heterocycles. The summed E-state index contributed by atoms with van der Waals surface area (Å²) in [6, 6.07) is 44.0. The third-order valence-electron chi connectivity index (χ3n) is 17.0. The van der Waals surface area contributed by atoms with E-state index in [0.717, 1.165) is 25.0 Å². The van der Waals surface area contributed by atoms with Crippen molar-refractivity contribution in [1.82, 2.24) is 34.9 Å². The number of hydrogen-bond donors (Lipinski definition) is 2. The van der Waals surface area contributed by atoms with Crippen LogP contribution in [-0.2, 0) is 0 Å². The number of nitro groups is 7. The topological polar surface area (TPSA) is 741 Å². The van der Waals surface area contributed by atoms with Crippen molar-refractivity contribution in [3.63, 3.8) is 0 Å². The number of rotatable bonds is 27. The summed E-state index contributed by atoms with van der Waals surface area (Å²) in [5.74, 6) is -7.32. The Morgan fingerprint density at radius 3 is 0.746 bits per heavy atom. The molecule has 8 aromatic carbocycles. The first kappa shape index (κ1) is 97.5. The second kappa shape index (κ2) is 44.5. The monoisotopic (exact) mass is 1830 g/mol. The van der Waals surface area contributed by atoms with Crippen molar-refractivity contribution in [3.05, 3.63) is 440 Å². The van der Waals surface area contributed by atoms with E-state index in [0.29, 0.717) is 28.1 Å². The summed E-state index contributed by atoms with van der Waals surface area (Å²) < 4.78 is 34.7. The number of nitrogens with two attached hydrogens (primary N) is 2. The first-order valence-electron chi connectivity index (χ1n) is 37.0. The van der Waals surface area contributed by atoms with E-state index in [4.69, 9.17) is 42.4 Å². The van der Waals surface area contributed by atoms with Gasteiger partial charge in [0, 0.05) is 143 Å². The lowest BCUT2D eigenvalue weighted by atomic mass is 10.1. The largest absolute Gasteiger partial charge is 0.442 e. The van der Waals surface area contributed by atoms with Gasteiger partial charge in [0.2, 0.25) is 52.0 Å². The molecule has 0 saturated carbocycles. The maximum absolute atomic E-state index is 12.3. The molecule has 134 heavy (non-hydrogen) atoms. The summed E-state index contributed by atoms with van der Waals surface area (Å²) >= 11 is 0. The Hall–Kier alpha value is -20.3. The zero-order valence-electron chi connectivity index (χ0n) is 68.5. The van der Waals surface area contributed by atoms with Gasteiger partial charge in [0.25, 0.3) is 92.9 Å². The molecule has 49 heteroatoms. The summed E-state index contributed by atoms with van der Waals surface area (Å²) in [4.78, 5) is 235. The van der Waals surface area contributed by atoms with Crippen LogP contribution < -0.4 is 11.5 Å². The van der Waals surface area contributed by atoms with Gasteiger partial charge in [0.15, 0.2) is 28.7 Å². The summed E-state index contributed by atoms with van der Waals surface area (Å²) in [5, 5.41) is 73.4. The van der Waals surface area contributed by atoms with Gasteiger partial charge in [0.05, 0.1) is 58.7 Å². The maximum Gasteiger partial charge on any atom is 0.286 e. The molecule has 2 amide bonds. The molecule has 0 aliphatic rings. The van der Waals surface area contributed by atoms with Gasteiger partial charge in [-0.1, -0.05) is 30.3 Å². The molecule has 0 aliphatic carbocycles. The quantitative estimate of drug-likeness (QED) is 0.0274. The van der Waals surface area contributed by atoms with Crippen molar-refractivity contribution in [2.45, 2.75) is 27.7 Å². The van der Waals surface area contributed by atoms with Crippen molar-refractivity contribution < 1.29 is 123 Å². The molecule has 7 heterocycles. The van der Waals surface area contributed by atoms with Crippen molar-refractivity contribution in [1.29, 1.82) is 0 Å². The van der Waals surface area contributed by atoms with Crippen LogP contribution in [0.2, 0.25) is 0 Å². The molecule has 674 valence electrons. The minimum Gasteiger partial charge on any atom is -0.442 e. The lowest BCUT2D eigenvalue weighted by molar-refractivity contribution is -0.385. The molecule has 15 aromatic rings. The smallest absolute Gasteiger partial charge is 0.286 e. The number of amides is 2. The third kappa shape index (κ3) is 26.2. The fourth-order valence-electron chi connectivity index (χ4n) is 10.2. The number of carbonyl (C=O) groups excluding carboxylic acids is 12. The molecular formula is C85H56N16O33. The number of aryl methyl sites for hydroxylation is 2. The highest BCUT2D eigenvalue weighted by molar-refractivity contribution is 6.12. The van der Waals surface area contributed by atoms with Crippen LogP contribution in [-0.4, -0.2) is 139 Å². The maximum atomic E-state index is 12.3. The molecule has 0 fully saturated rings. The molecule has 15 rings (SSSR count). The third-order valence-corrected chi connectivity index (χ3v) is 17.0. The van der Waals surface area contributed by atoms with Crippen LogP contribution >= 0.6 is 0 Å². The predicted molar refractivity (Wildman–Crippen MR) is 448 cm³/mol. The van der Waals surface area contributed by atoms with E-state index in [-0.39, 0.29) is 155 Å². The highest BCUT2D eigenvalue weighted by Gasteiger charge is 2.27. The van der Waals surface area contributed by atoms with Gasteiger partial charge in [0.1, 0.15) is 36.5 Å². The molecule has 0 radical (unpaired) electrons. The summed E-state index contributed by atoms with van der Waals surface area (Å²) in [7, 11) is 0. The van der Waals surface area contributed by atoms with Gasteiger partial charge in [-0.05, 0) is 98.8 Å². The van der Waals surface area contributed by atoms with E-state index in [9.17, 15) is 128 Å². The number of hydrogen-bond acceptors (Lipinski definition) is 40. The number of carbonyl (C=O) groups is 12. The number of Topliss-reactive ketones (excluding diaryl/α,β-unsaturated/α-hetero) is 2. The Morgan fingerprint density at radius 2 is 0.507 bits per heavy atom. The van der Waals surface area contributed by atoms with Crippen molar-refractivity contribution in [3.8, 4) is 0 Å². The average molecular weight is 1830 g/mol. The first-order chi connectivity index (χ1) is 63.7. The van der Waals surface area contributed by atoms with Crippen molar-refractivity contribution in [2.75, 3.05) is 0 Å². The van der Waals surface area contributed by atoms with E-state index in [1.807, 2.05) is 0 Å². The number of oxazole rings is 7. The summed E-state index contributed by atoms with van der Waals surface area (Å²) in [5.41, 5.74) is 11.6. The molecule has 0 atom stereocenters. The van der Waals surface area contributed by atoms with E-state index in [1.165, 1.54) is 202 Å². The lowest BCUT2D eigenvalue weighted by Crippen LogP contribution is -2.12.